The third-order valence-electron chi connectivity index (χ3n) is 3.58. The molecule has 1 aliphatic carbocycles. The largest absolute Gasteiger partial charge is 0.383 e. The van der Waals surface area contributed by atoms with E-state index in [1.807, 2.05) is 6.92 Å². The first-order chi connectivity index (χ1) is 8.69. The number of ether oxygens (including phenoxy) is 1. The molecule has 0 aromatic carbocycles. The van der Waals surface area contributed by atoms with Gasteiger partial charge in [-0.15, -0.1) is 0 Å². The maximum atomic E-state index is 5.52. The van der Waals surface area contributed by atoms with Crippen molar-refractivity contribution in [3.8, 4) is 0 Å². The zero-order valence-corrected chi connectivity index (χ0v) is 11.9. The molecule has 3 atom stereocenters. The Hall–Kier alpha value is -0.810. The first-order valence-electron chi connectivity index (χ1n) is 6.99. The quantitative estimate of drug-likeness (QED) is 0.301. The van der Waals surface area contributed by atoms with Gasteiger partial charge in [0.25, 0.3) is 0 Å². The van der Waals surface area contributed by atoms with E-state index in [0.717, 1.165) is 5.92 Å². The number of hydrogen-bond donors (Lipinski definition) is 3. The molecule has 3 unspecified atom stereocenters. The molecule has 0 bridgehead atoms. The fourth-order valence-electron chi connectivity index (χ4n) is 2.57. The number of nitrogens with zero attached hydrogens (tertiary/aromatic N) is 1. The van der Waals surface area contributed by atoms with Crippen LogP contribution in [-0.2, 0) is 4.74 Å². The summed E-state index contributed by atoms with van der Waals surface area (Å²) in [6.07, 6.45) is 6.23. The molecule has 1 aliphatic rings. The first kappa shape index (κ1) is 15.2. The van der Waals surface area contributed by atoms with Crippen LogP contribution in [0.3, 0.4) is 0 Å². The SMILES string of the molecule is CCC1CCCC(N=C(NN)NC(C)COC)C1. The number of rotatable bonds is 5. The lowest BCUT2D eigenvalue weighted by Crippen LogP contribution is -2.47. The summed E-state index contributed by atoms with van der Waals surface area (Å²) in [6, 6.07) is 0.604. The standard InChI is InChI=1S/C13H28N4O/c1-4-11-6-5-7-12(8-11)16-13(17-14)15-10(2)9-18-3/h10-12H,4-9,14H2,1-3H3,(H2,15,16,17). The van der Waals surface area contributed by atoms with Gasteiger partial charge in [-0.25, -0.2) is 10.8 Å². The normalized spacial score (nSPS) is 26.8. The Morgan fingerprint density at radius 2 is 2.28 bits per heavy atom. The molecule has 18 heavy (non-hydrogen) atoms. The second-order valence-corrected chi connectivity index (χ2v) is 5.22. The van der Waals surface area contributed by atoms with Crippen molar-refractivity contribution in [3.05, 3.63) is 0 Å². The summed E-state index contributed by atoms with van der Waals surface area (Å²) in [5.74, 6) is 7.02. The Labute approximate surface area is 111 Å². The molecule has 1 fully saturated rings. The van der Waals surface area contributed by atoms with Gasteiger partial charge in [0, 0.05) is 13.2 Å². The highest BCUT2D eigenvalue weighted by atomic mass is 16.5. The van der Waals surface area contributed by atoms with E-state index in [4.69, 9.17) is 10.6 Å². The molecule has 106 valence electrons. The minimum atomic E-state index is 0.204. The molecule has 0 aromatic rings. The van der Waals surface area contributed by atoms with Crippen molar-refractivity contribution in [2.45, 2.75) is 58.0 Å². The van der Waals surface area contributed by atoms with Crippen LogP contribution in [0.2, 0.25) is 0 Å². The van der Waals surface area contributed by atoms with Crippen LogP contribution in [0.15, 0.2) is 4.99 Å². The van der Waals surface area contributed by atoms with Gasteiger partial charge in [0.05, 0.1) is 12.6 Å². The van der Waals surface area contributed by atoms with Gasteiger partial charge in [-0.1, -0.05) is 26.2 Å². The van der Waals surface area contributed by atoms with Crippen molar-refractivity contribution in [2.75, 3.05) is 13.7 Å². The van der Waals surface area contributed by atoms with Crippen molar-refractivity contribution in [1.29, 1.82) is 0 Å². The number of guanidine groups is 1. The molecular formula is C13H28N4O. The molecule has 0 amide bonds. The van der Waals surface area contributed by atoms with Gasteiger partial charge in [0.1, 0.15) is 0 Å². The van der Waals surface area contributed by atoms with Crippen molar-refractivity contribution in [3.63, 3.8) is 0 Å². The van der Waals surface area contributed by atoms with Crippen LogP contribution in [0, 0.1) is 5.92 Å². The van der Waals surface area contributed by atoms with E-state index in [-0.39, 0.29) is 6.04 Å². The number of aliphatic imine (C=N–C) groups is 1. The molecule has 5 nitrogen and oxygen atoms in total. The fraction of sp³-hybridized carbons (Fsp3) is 0.923. The number of nitrogens with two attached hydrogens (primary N) is 1. The molecule has 0 spiro atoms. The highest BCUT2D eigenvalue weighted by Gasteiger charge is 2.20. The molecular weight excluding hydrogens is 228 g/mol. The molecule has 0 aliphatic heterocycles. The second-order valence-electron chi connectivity index (χ2n) is 5.22. The highest BCUT2D eigenvalue weighted by molar-refractivity contribution is 5.79. The van der Waals surface area contributed by atoms with Gasteiger partial charge in [-0.05, 0) is 25.7 Å². The Bertz CT molecular complexity index is 257. The van der Waals surface area contributed by atoms with E-state index in [1.54, 1.807) is 7.11 Å². The van der Waals surface area contributed by atoms with E-state index in [2.05, 4.69) is 22.7 Å². The van der Waals surface area contributed by atoms with Crippen molar-refractivity contribution >= 4 is 5.96 Å². The lowest BCUT2D eigenvalue weighted by molar-refractivity contribution is 0.179. The monoisotopic (exact) mass is 256 g/mol. The van der Waals surface area contributed by atoms with E-state index < -0.39 is 0 Å². The molecule has 5 heteroatoms. The summed E-state index contributed by atoms with van der Waals surface area (Å²) < 4.78 is 5.09. The first-order valence-corrected chi connectivity index (χ1v) is 6.99. The average molecular weight is 256 g/mol. The van der Waals surface area contributed by atoms with E-state index >= 15 is 0 Å². The number of hydrazine groups is 1. The van der Waals surface area contributed by atoms with Crippen LogP contribution in [0.4, 0.5) is 0 Å². The van der Waals surface area contributed by atoms with Crippen molar-refractivity contribution in [2.24, 2.45) is 16.8 Å². The molecule has 0 saturated heterocycles. The average Bonchev–Trinajstić information content (AvgIpc) is 2.38. The molecule has 1 rings (SSSR count). The number of hydrogen-bond acceptors (Lipinski definition) is 3. The zero-order chi connectivity index (χ0) is 13.4. The third kappa shape index (κ3) is 5.23. The van der Waals surface area contributed by atoms with Gasteiger partial charge >= 0.3 is 0 Å². The highest BCUT2D eigenvalue weighted by Crippen LogP contribution is 2.28. The molecule has 0 radical (unpaired) electrons. The molecule has 4 N–H and O–H groups in total. The summed E-state index contributed by atoms with van der Waals surface area (Å²) in [4.78, 5) is 4.69. The van der Waals surface area contributed by atoms with Gasteiger partial charge < -0.3 is 10.1 Å². The smallest absolute Gasteiger partial charge is 0.206 e. The van der Waals surface area contributed by atoms with Crippen LogP contribution in [0.1, 0.15) is 46.0 Å². The lowest BCUT2D eigenvalue weighted by Gasteiger charge is -2.27. The third-order valence-corrected chi connectivity index (χ3v) is 3.58. The van der Waals surface area contributed by atoms with Crippen LogP contribution >= 0.6 is 0 Å². The van der Waals surface area contributed by atoms with Gasteiger partial charge in [0.2, 0.25) is 5.96 Å². The van der Waals surface area contributed by atoms with Crippen molar-refractivity contribution < 1.29 is 4.74 Å². The summed E-state index contributed by atoms with van der Waals surface area (Å²) in [7, 11) is 1.69. The minimum Gasteiger partial charge on any atom is -0.383 e. The Balaban J connectivity index is 2.49. The van der Waals surface area contributed by atoms with Crippen LogP contribution < -0.4 is 16.6 Å². The summed E-state index contributed by atoms with van der Waals surface area (Å²) in [6.45, 7) is 4.95. The number of nitrogens with one attached hydrogen (secondary N) is 2. The lowest BCUT2D eigenvalue weighted by atomic mass is 9.84. The molecule has 0 aromatic heterocycles. The second kappa shape index (κ2) is 8.32. The predicted molar refractivity (Wildman–Crippen MR) is 75.3 cm³/mol. The summed E-state index contributed by atoms with van der Waals surface area (Å²) in [5.41, 5.74) is 2.65. The van der Waals surface area contributed by atoms with Crippen LogP contribution in [0.25, 0.3) is 0 Å². The minimum absolute atomic E-state index is 0.204. The van der Waals surface area contributed by atoms with Crippen LogP contribution in [0.5, 0.6) is 0 Å². The number of methoxy groups -OCH3 is 1. The fourth-order valence-corrected chi connectivity index (χ4v) is 2.57. The van der Waals surface area contributed by atoms with Gasteiger partial charge in [0.15, 0.2) is 0 Å². The molecule has 0 heterocycles. The maximum absolute atomic E-state index is 5.52. The zero-order valence-electron chi connectivity index (χ0n) is 11.9. The van der Waals surface area contributed by atoms with E-state index in [9.17, 15) is 0 Å². The Kier molecular flexibility index (Phi) is 7.05. The topological polar surface area (TPSA) is 71.7 Å². The summed E-state index contributed by atoms with van der Waals surface area (Å²) >= 11 is 0. The Morgan fingerprint density at radius 3 is 2.89 bits per heavy atom. The maximum Gasteiger partial charge on any atom is 0.206 e. The van der Waals surface area contributed by atoms with E-state index in [1.165, 1.54) is 32.1 Å². The molecule has 1 saturated carbocycles. The Morgan fingerprint density at radius 1 is 1.50 bits per heavy atom. The van der Waals surface area contributed by atoms with E-state index in [0.29, 0.717) is 18.6 Å². The van der Waals surface area contributed by atoms with Crippen LogP contribution in [-0.4, -0.2) is 31.8 Å². The van der Waals surface area contributed by atoms with Gasteiger partial charge in [-0.2, -0.15) is 0 Å². The summed E-state index contributed by atoms with van der Waals surface area (Å²) in [5, 5.41) is 3.24. The van der Waals surface area contributed by atoms with Crippen molar-refractivity contribution in [1.82, 2.24) is 10.7 Å². The van der Waals surface area contributed by atoms with Gasteiger partial charge in [-0.3, -0.25) is 5.43 Å². The predicted octanol–water partition coefficient (Wildman–Crippen LogP) is 1.40.